The Morgan fingerprint density at radius 2 is 1.69 bits per heavy atom. The highest BCUT2D eigenvalue weighted by Crippen LogP contribution is 2.53. The molecule has 0 spiro atoms. The lowest BCUT2D eigenvalue weighted by Crippen LogP contribution is -2.52. The number of halogens is 2. The number of amides is 2. The first-order valence-electron chi connectivity index (χ1n) is 11.4. The van der Waals surface area contributed by atoms with E-state index in [2.05, 4.69) is 10.6 Å². The van der Waals surface area contributed by atoms with E-state index in [0.717, 1.165) is 0 Å². The Kier molecular flexibility index (Phi) is 8.63. The molecule has 0 heterocycles. The zero-order valence-corrected chi connectivity index (χ0v) is 21.7. The van der Waals surface area contributed by atoms with Crippen LogP contribution in [0.3, 0.4) is 0 Å². The highest BCUT2D eigenvalue weighted by atomic mass is 35.5. The summed E-state index contributed by atoms with van der Waals surface area (Å²) in [6, 6.07) is 10.2. The normalized spacial score (nSPS) is 18.9. The average Bonchev–Trinajstić information content (AvgIpc) is 2.81. The number of carbonyl (C=O) groups excluding carboxylic acids is 3. The molecule has 0 unspecified atom stereocenters. The second-order valence-corrected chi connectivity index (χ2v) is 10.3. The number of esters is 1. The first kappa shape index (κ1) is 27.5. The Morgan fingerprint density at radius 3 is 2.22 bits per heavy atom. The van der Waals surface area contributed by atoms with Gasteiger partial charge in [0.25, 0.3) is 5.91 Å². The molecule has 0 saturated heterocycles. The number of hydrogen-bond acceptors (Lipinski definition) is 5. The molecule has 0 radical (unpaired) electrons. The second kappa shape index (κ2) is 11.3. The van der Waals surface area contributed by atoms with E-state index >= 15 is 0 Å². The molecular formula is C26H28Cl2N2O6. The fourth-order valence-electron chi connectivity index (χ4n) is 4.45. The molecule has 3 atom stereocenters. The Morgan fingerprint density at radius 1 is 1.08 bits per heavy atom. The van der Waals surface area contributed by atoms with E-state index in [1.165, 1.54) is 7.11 Å². The number of anilines is 1. The molecule has 3 N–H and O–H groups in total. The summed E-state index contributed by atoms with van der Waals surface area (Å²) in [7, 11) is 1.34. The number of nitrogens with one attached hydrogen (secondary N) is 2. The fourth-order valence-corrected chi connectivity index (χ4v) is 5.02. The lowest BCUT2D eigenvalue weighted by atomic mass is 9.54. The van der Waals surface area contributed by atoms with Crippen molar-refractivity contribution in [2.24, 2.45) is 17.3 Å². The molecule has 1 aliphatic carbocycles. The van der Waals surface area contributed by atoms with Gasteiger partial charge < -0.3 is 20.5 Å². The van der Waals surface area contributed by atoms with Crippen LogP contribution >= 0.6 is 23.2 Å². The van der Waals surface area contributed by atoms with Crippen molar-refractivity contribution >= 4 is 52.6 Å². The van der Waals surface area contributed by atoms with Crippen LogP contribution in [0.4, 0.5) is 5.69 Å². The van der Waals surface area contributed by atoms with Crippen LogP contribution in [-0.4, -0.2) is 42.0 Å². The molecule has 8 nitrogen and oxygen atoms in total. The zero-order valence-electron chi connectivity index (χ0n) is 20.1. The summed E-state index contributed by atoms with van der Waals surface area (Å²) in [5, 5.41) is 15.4. The van der Waals surface area contributed by atoms with E-state index in [4.69, 9.17) is 27.9 Å². The number of rotatable bonds is 9. The number of carboxylic acid groups (broad SMARTS) is 1. The van der Waals surface area contributed by atoms with Crippen LogP contribution in [0.1, 0.15) is 42.6 Å². The van der Waals surface area contributed by atoms with E-state index < -0.39 is 23.3 Å². The van der Waals surface area contributed by atoms with Gasteiger partial charge >= 0.3 is 11.9 Å². The SMILES string of the molecule is COC(=O)[C@@H]1C[C@H](CC(=O)N[C@@H](Cc2ccc(NC(=O)c3c(Cl)cccc3Cl)cc2)C(=O)O)C1(C)C. The van der Waals surface area contributed by atoms with Gasteiger partial charge in [0.2, 0.25) is 5.91 Å². The van der Waals surface area contributed by atoms with Gasteiger partial charge in [0, 0.05) is 18.5 Å². The molecule has 2 amide bonds. The zero-order chi connectivity index (χ0) is 26.6. The number of hydrogen-bond donors (Lipinski definition) is 3. The van der Waals surface area contributed by atoms with E-state index in [1.54, 1.807) is 42.5 Å². The number of carbonyl (C=O) groups is 4. The van der Waals surface area contributed by atoms with E-state index in [-0.39, 0.29) is 52.2 Å². The van der Waals surface area contributed by atoms with Gasteiger partial charge in [0.05, 0.1) is 28.6 Å². The molecule has 2 aromatic rings. The van der Waals surface area contributed by atoms with Crippen molar-refractivity contribution in [3.05, 3.63) is 63.6 Å². The first-order valence-corrected chi connectivity index (χ1v) is 12.1. The minimum atomic E-state index is -1.16. The van der Waals surface area contributed by atoms with Crippen molar-refractivity contribution in [2.75, 3.05) is 12.4 Å². The van der Waals surface area contributed by atoms with Gasteiger partial charge in [-0.1, -0.05) is 55.2 Å². The summed E-state index contributed by atoms with van der Waals surface area (Å²) in [6.45, 7) is 3.81. The summed E-state index contributed by atoms with van der Waals surface area (Å²) in [5.41, 5.74) is 0.887. The van der Waals surface area contributed by atoms with Crippen LogP contribution in [-0.2, 0) is 25.5 Å². The molecule has 2 aromatic carbocycles. The molecule has 1 fully saturated rings. The minimum absolute atomic E-state index is 0.0504. The Labute approximate surface area is 219 Å². The standard InChI is InChI=1S/C26H28Cl2N2O6/c1-26(2)15(12-17(26)25(35)36-3)13-21(31)30-20(24(33)34)11-14-7-9-16(10-8-14)29-23(32)22-18(27)5-4-6-19(22)28/h4-10,15,17,20H,11-13H2,1-3H3,(H,29,32)(H,30,31)(H,33,34)/t15-,17+,20+/m1/s1. The molecule has 0 bridgehead atoms. The van der Waals surface area contributed by atoms with Gasteiger partial charge in [0.1, 0.15) is 6.04 Å². The third-order valence-electron chi connectivity index (χ3n) is 6.86. The predicted octanol–water partition coefficient (Wildman–Crippen LogP) is 4.58. The van der Waals surface area contributed by atoms with Gasteiger partial charge in [0.15, 0.2) is 0 Å². The van der Waals surface area contributed by atoms with Crippen molar-refractivity contribution in [2.45, 2.75) is 39.2 Å². The Bertz CT molecular complexity index is 1150. The fraction of sp³-hybridized carbons (Fsp3) is 0.385. The van der Waals surface area contributed by atoms with Crippen molar-refractivity contribution < 1.29 is 29.0 Å². The number of carboxylic acids is 1. The number of aliphatic carboxylic acids is 1. The largest absolute Gasteiger partial charge is 0.480 e. The number of ether oxygens (including phenoxy) is 1. The third kappa shape index (κ3) is 6.17. The quantitative estimate of drug-likeness (QED) is 0.404. The minimum Gasteiger partial charge on any atom is -0.480 e. The molecule has 3 rings (SSSR count). The molecule has 1 saturated carbocycles. The average molecular weight is 535 g/mol. The maximum absolute atomic E-state index is 12.6. The highest BCUT2D eigenvalue weighted by Gasteiger charge is 2.52. The summed E-state index contributed by atoms with van der Waals surface area (Å²) in [5.74, 6) is -2.63. The molecule has 10 heteroatoms. The van der Waals surface area contributed by atoms with E-state index in [1.807, 2.05) is 13.8 Å². The third-order valence-corrected chi connectivity index (χ3v) is 7.49. The van der Waals surface area contributed by atoms with Crippen molar-refractivity contribution in [3.63, 3.8) is 0 Å². The molecule has 192 valence electrons. The van der Waals surface area contributed by atoms with Gasteiger partial charge in [-0.05, 0) is 47.6 Å². The Balaban J connectivity index is 1.58. The smallest absolute Gasteiger partial charge is 0.326 e. The van der Waals surface area contributed by atoms with Gasteiger partial charge in [-0.3, -0.25) is 14.4 Å². The summed E-state index contributed by atoms with van der Waals surface area (Å²) >= 11 is 12.2. The van der Waals surface area contributed by atoms with Crippen LogP contribution in [0.25, 0.3) is 0 Å². The molecule has 0 aliphatic heterocycles. The monoisotopic (exact) mass is 534 g/mol. The molecular weight excluding hydrogens is 507 g/mol. The summed E-state index contributed by atoms with van der Waals surface area (Å²) in [4.78, 5) is 48.8. The van der Waals surface area contributed by atoms with Crippen LogP contribution in [0, 0.1) is 17.3 Å². The van der Waals surface area contributed by atoms with Crippen LogP contribution < -0.4 is 10.6 Å². The van der Waals surface area contributed by atoms with Gasteiger partial charge in [-0.15, -0.1) is 0 Å². The van der Waals surface area contributed by atoms with E-state index in [9.17, 15) is 24.3 Å². The first-order chi connectivity index (χ1) is 16.9. The van der Waals surface area contributed by atoms with Crippen LogP contribution in [0.15, 0.2) is 42.5 Å². The van der Waals surface area contributed by atoms with Gasteiger partial charge in [-0.2, -0.15) is 0 Å². The molecule has 0 aromatic heterocycles. The van der Waals surface area contributed by atoms with Crippen molar-refractivity contribution in [1.82, 2.24) is 5.32 Å². The highest BCUT2D eigenvalue weighted by molar-refractivity contribution is 6.40. The maximum Gasteiger partial charge on any atom is 0.326 e. The van der Waals surface area contributed by atoms with Crippen LogP contribution in [0.2, 0.25) is 10.0 Å². The van der Waals surface area contributed by atoms with Gasteiger partial charge in [-0.25, -0.2) is 4.79 Å². The second-order valence-electron chi connectivity index (χ2n) is 9.44. The van der Waals surface area contributed by atoms with E-state index in [0.29, 0.717) is 17.7 Å². The summed E-state index contributed by atoms with van der Waals surface area (Å²) in [6.07, 6.45) is 0.710. The number of benzene rings is 2. The van der Waals surface area contributed by atoms with Crippen molar-refractivity contribution in [3.8, 4) is 0 Å². The molecule has 1 aliphatic rings. The Hall–Kier alpha value is -3.10. The lowest BCUT2D eigenvalue weighted by molar-refractivity contribution is -0.164. The molecule has 36 heavy (non-hydrogen) atoms. The summed E-state index contributed by atoms with van der Waals surface area (Å²) < 4.78 is 4.82. The van der Waals surface area contributed by atoms with Crippen LogP contribution in [0.5, 0.6) is 0 Å². The predicted molar refractivity (Wildman–Crippen MR) is 136 cm³/mol. The van der Waals surface area contributed by atoms with Crippen molar-refractivity contribution in [1.29, 1.82) is 0 Å². The lowest BCUT2D eigenvalue weighted by Gasteiger charge is -2.50. The number of methoxy groups -OCH3 is 1. The topological polar surface area (TPSA) is 122 Å². The maximum atomic E-state index is 12.6.